The molecule has 1 aromatic heterocycles. The molecular formula is C20H22N2O3. The summed E-state index contributed by atoms with van der Waals surface area (Å²) >= 11 is 0. The number of amides is 1. The standard InChI is InChI=1S/C20H22N2O3/c1-12-7-8-17-18(9-12)25-13(2)11-22(17)20(24)15-10-19(23)21-16-6-4-3-5-14(15)16/h7-10,13H,3-6,11H2,1-2H3,(H,21,23). The summed E-state index contributed by atoms with van der Waals surface area (Å²) in [5.74, 6) is 0.621. The first-order valence-corrected chi connectivity index (χ1v) is 8.87. The fraction of sp³-hybridized carbons (Fsp3) is 0.400. The maximum atomic E-state index is 13.3. The van der Waals surface area contributed by atoms with Crippen LogP contribution in [0.4, 0.5) is 5.69 Å². The number of benzene rings is 1. The van der Waals surface area contributed by atoms with Crippen LogP contribution in [-0.4, -0.2) is 23.5 Å². The summed E-state index contributed by atoms with van der Waals surface area (Å²) in [6, 6.07) is 7.32. The third-order valence-electron chi connectivity index (χ3n) is 4.99. The zero-order chi connectivity index (χ0) is 17.6. The average molecular weight is 338 g/mol. The van der Waals surface area contributed by atoms with Gasteiger partial charge in [0.2, 0.25) is 5.56 Å². The average Bonchev–Trinajstić information content (AvgIpc) is 2.59. The number of hydrogen-bond acceptors (Lipinski definition) is 3. The van der Waals surface area contributed by atoms with Crippen molar-refractivity contribution >= 4 is 11.6 Å². The van der Waals surface area contributed by atoms with Crippen molar-refractivity contribution in [2.45, 2.75) is 45.6 Å². The lowest BCUT2D eigenvalue weighted by molar-refractivity contribution is 0.0959. The maximum Gasteiger partial charge on any atom is 0.259 e. The van der Waals surface area contributed by atoms with E-state index in [4.69, 9.17) is 4.74 Å². The van der Waals surface area contributed by atoms with E-state index < -0.39 is 0 Å². The number of carbonyl (C=O) groups excluding carboxylic acids is 1. The molecule has 2 heterocycles. The van der Waals surface area contributed by atoms with E-state index in [1.807, 2.05) is 32.0 Å². The SMILES string of the molecule is Cc1ccc2c(c1)OC(C)CN2C(=O)c1cc(=O)[nH]c2c1CCCC2. The molecule has 0 fully saturated rings. The van der Waals surface area contributed by atoms with E-state index in [2.05, 4.69) is 4.98 Å². The van der Waals surface area contributed by atoms with Gasteiger partial charge in [-0.2, -0.15) is 0 Å². The van der Waals surface area contributed by atoms with Gasteiger partial charge in [0.1, 0.15) is 11.9 Å². The summed E-state index contributed by atoms with van der Waals surface area (Å²) < 4.78 is 5.90. The monoisotopic (exact) mass is 338 g/mol. The van der Waals surface area contributed by atoms with Gasteiger partial charge in [-0.25, -0.2) is 0 Å². The summed E-state index contributed by atoms with van der Waals surface area (Å²) in [6.45, 7) is 4.44. The number of fused-ring (bicyclic) bond motifs is 2. The number of ether oxygens (including phenoxy) is 1. The van der Waals surface area contributed by atoms with E-state index in [1.54, 1.807) is 4.90 Å². The number of pyridine rings is 1. The van der Waals surface area contributed by atoms with E-state index in [1.165, 1.54) is 6.07 Å². The van der Waals surface area contributed by atoms with Crippen LogP contribution in [0.3, 0.4) is 0 Å². The zero-order valence-corrected chi connectivity index (χ0v) is 14.6. The molecule has 4 rings (SSSR count). The van der Waals surface area contributed by atoms with E-state index in [0.29, 0.717) is 12.1 Å². The molecule has 5 heteroatoms. The fourth-order valence-electron chi connectivity index (χ4n) is 3.82. The molecule has 1 amide bonds. The van der Waals surface area contributed by atoms with Crippen molar-refractivity contribution in [3.63, 3.8) is 0 Å². The van der Waals surface area contributed by atoms with Crippen LogP contribution in [0.25, 0.3) is 0 Å². The van der Waals surface area contributed by atoms with E-state index in [-0.39, 0.29) is 17.6 Å². The second kappa shape index (κ2) is 6.06. The Hall–Kier alpha value is -2.56. The number of anilines is 1. The minimum atomic E-state index is -0.200. The Morgan fingerprint density at radius 3 is 2.88 bits per heavy atom. The number of H-pyrrole nitrogens is 1. The number of nitrogens with one attached hydrogen (secondary N) is 1. The van der Waals surface area contributed by atoms with Gasteiger partial charge in [0.05, 0.1) is 17.8 Å². The molecule has 1 aromatic carbocycles. The van der Waals surface area contributed by atoms with Crippen molar-refractivity contribution in [3.05, 3.63) is 57.0 Å². The van der Waals surface area contributed by atoms with Crippen LogP contribution in [0.5, 0.6) is 5.75 Å². The van der Waals surface area contributed by atoms with Crippen molar-refractivity contribution in [2.75, 3.05) is 11.4 Å². The predicted octanol–water partition coefficient (Wildman–Crippen LogP) is 2.99. The maximum absolute atomic E-state index is 13.3. The van der Waals surface area contributed by atoms with E-state index >= 15 is 0 Å². The molecule has 0 spiro atoms. The van der Waals surface area contributed by atoms with Gasteiger partial charge in [0.25, 0.3) is 5.91 Å². The number of nitrogens with zero attached hydrogens (tertiary/aromatic N) is 1. The molecular weight excluding hydrogens is 316 g/mol. The Labute approximate surface area is 146 Å². The summed E-state index contributed by atoms with van der Waals surface area (Å²) in [6.07, 6.45) is 3.69. The minimum absolute atomic E-state index is 0.0870. The Morgan fingerprint density at radius 1 is 1.24 bits per heavy atom. The molecule has 1 unspecified atom stereocenters. The number of aryl methyl sites for hydroxylation is 2. The Balaban J connectivity index is 1.80. The molecule has 1 N–H and O–H groups in total. The highest BCUT2D eigenvalue weighted by molar-refractivity contribution is 6.08. The first-order valence-electron chi connectivity index (χ1n) is 8.87. The van der Waals surface area contributed by atoms with Gasteiger partial charge in [-0.1, -0.05) is 6.07 Å². The lowest BCUT2D eigenvalue weighted by atomic mass is 9.91. The van der Waals surface area contributed by atoms with Crippen molar-refractivity contribution < 1.29 is 9.53 Å². The smallest absolute Gasteiger partial charge is 0.259 e. The highest BCUT2D eigenvalue weighted by Gasteiger charge is 2.30. The normalized spacial score (nSPS) is 19.0. The molecule has 1 aliphatic carbocycles. The van der Waals surface area contributed by atoms with Gasteiger partial charge in [0, 0.05) is 11.8 Å². The largest absolute Gasteiger partial charge is 0.487 e. The van der Waals surface area contributed by atoms with Crippen LogP contribution in [0.15, 0.2) is 29.1 Å². The fourth-order valence-corrected chi connectivity index (χ4v) is 3.82. The number of hydrogen-bond donors (Lipinski definition) is 1. The second-order valence-electron chi connectivity index (χ2n) is 7.03. The molecule has 0 bridgehead atoms. The van der Waals surface area contributed by atoms with Crippen molar-refractivity contribution in [1.82, 2.24) is 4.98 Å². The first kappa shape index (κ1) is 15.9. The van der Waals surface area contributed by atoms with Crippen LogP contribution < -0.4 is 15.2 Å². The third kappa shape index (κ3) is 2.84. The predicted molar refractivity (Wildman–Crippen MR) is 96.7 cm³/mol. The summed E-state index contributed by atoms with van der Waals surface area (Å²) in [5.41, 5.74) is 4.14. The Kier molecular flexibility index (Phi) is 3.86. The first-order chi connectivity index (χ1) is 12.0. The van der Waals surface area contributed by atoms with Gasteiger partial charge >= 0.3 is 0 Å². The van der Waals surface area contributed by atoms with E-state index in [9.17, 15) is 9.59 Å². The summed E-state index contributed by atoms with van der Waals surface area (Å²) in [5, 5.41) is 0. The number of rotatable bonds is 1. The number of aromatic amines is 1. The molecule has 130 valence electrons. The summed E-state index contributed by atoms with van der Waals surface area (Å²) in [4.78, 5) is 30.1. The quantitative estimate of drug-likeness (QED) is 0.869. The number of carbonyl (C=O) groups is 1. The van der Waals surface area contributed by atoms with Crippen LogP contribution in [0.2, 0.25) is 0 Å². The molecule has 2 aromatic rings. The van der Waals surface area contributed by atoms with Gasteiger partial charge in [0.15, 0.2) is 0 Å². The highest BCUT2D eigenvalue weighted by Crippen LogP contribution is 2.35. The molecule has 0 radical (unpaired) electrons. The van der Waals surface area contributed by atoms with Gasteiger partial charge in [-0.05, 0) is 62.8 Å². The highest BCUT2D eigenvalue weighted by atomic mass is 16.5. The molecule has 0 saturated carbocycles. The molecule has 1 aliphatic heterocycles. The van der Waals surface area contributed by atoms with Gasteiger partial charge in [-0.15, -0.1) is 0 Å². The Morgan fingerprint density at radius 2 is 2.04 bits per heavy atom. The molecule has 2 aliphatic rings. The van der Waals surface area contributed by atoms with Crippen molar-refractivity contribution in [1.29, 1.82) is 0 Å². The van der Waals surface area contributed by atoms with Gasteiger partial charge in [-0.3, -0.25) is 9.59 Å². The van der Waals surface area contributed by atoms with Crippen molar-refractivity contribution in [2.24, 2.45) is 0 Å². The lowest BCUT2D eigenvalue weighted by Gasteiger charge is -2.34. The van der Waals surface area contributed by atoms with Crippen LogP contribution in [-0.2, 0) is 12.8 Å². The second-order valence-corrected chi connectivity index (χ2v) is 7.03. The lowest BCUT2D eigenvalue weighted by Crippen LogP contribution is -2.43. The summed E-state index contributed by atoms with van der Waals surface area (Å²) in [7, 11) is 0. The third-order valence-corrected chi connectivity index (χ3v) is 4.99. The molecule has 5 nitrogen and oxygen atoms in total. The topological polar surface area (TPSA) is 62.4 Å². The van der Waals surface area contributed by atoms with Crippen LogP contribution >= 0.6 is 0 Å². The zero-order valence-electron chi connectivity index (χ0n) is 14.6. The molecule has 0 saturated heterocycles. The number of aromatic nitrogens is 1. The van der Waals surface area contributed by atoms with E-state index in [0.717, 1.165) is 53.9 Å². The minimum Gasteiger partial charge on any atom is -0.487 e. The van der Waals surface area contributed by atoms with Crippen LogP contribution in [0, 0.1) is 6.92 Å². The molecule has 25 heavy (non-hydrogen) atoms. The van der Waals surface area contributed by atoms with Gasteiger partial charge < -0.3 is 14.6 Å². The van der Waals surface area contributed by atoms with Crippen molar-refractivity contribution in [3.8, 4) is 5.75 Å². The Bertz CT molecular complexity index is 900. The molecule has 1 atom stereocenters. The van der Waals surface area contributed by atoms with Crippen LogP contribution in [0.1, 0.15) is 46.9 Å².